The lowest BCUT2D eigenvalue weighted by molar-refractivity contribution is -0.153. The van der Waals surface area contributed by atoms with Gasteiger partial charge in [-0.1, -0.05) is 11.6 Å². The van der Waals surface area contributed by atoms with E-state index in [1.165, 1.54) is 0 Å². The first-order valence-electron chi connectivity index (χ1n) is 7.16. The van der Waals surface area contributed by atoms with E-state index in [0.29, 0.717) is 10.8 Å². The van der Waals surface area contributed by atoms with Crippen LogP contribution in [0, 0.1) is 0 Å². The maximum absolute atomic E-state index is 12.4. The smallest absolute Gasteiger partial charge is 0.264 e. The third-order valence-electron chi connectivity index (χ3n) is 3.87. The molecule has 5 nitrogen and oxygen atoms in total. The standard InChI is InChI=1S/C15H17ClN2O3/c16-10-4-6-11(7-5-10)21-13-12(17-14(13)19)15(20)18-8-2-1-3-9-18/h4-7,12-13H,1-3,8-9H2,(H,17,19)/t12-,13-/m0/s1. The summed E-state index contributed by atoms with van der Waals surface area (Å²) in [5.74, 6) is 0.240. The van der Waals surface area contributed by atoms with Crippen LogP contribution in [0.5, 0.6) is 5.75 Å². The van der Waals surface area contributed by atoms with E-state index in [2.05, 4.69) is 5.32 Å². The Morgan fingerprint density at radius 1 is 1.19 bits per heavy atom. The topological polar surface area (TPSA) is 58.6 Å². The molecule has 0 aliphatic carbocycles. The van der Waals surface area contributed by atoms with Crippen LogP contribution in [0.3, 0.4) is 0 Å². The molecule has 2 heterocycles. The van der Waals surface area contributed by atoms with Crippen molar-refractivity contribution in [2.75, 3.05) is 13.1 Å². The van der Waals surface area contributed by atoms with Crippen LogP contribution >= 0.6 is 11.6 Å². The van der Waals surface area contributed by atoms with Crippen molar-refractivity contribution in [2.24, 2.45) is 0 Å². The van der Waals surface area contributed by atoms with Gasteiger partial charge in [0.15, 0.2) is 6.04 Å². The quantitative estimate of drug-likeness (QED) is 0.863. The molecule has 0 spiro atoms. The number of hydrogen-bond acceptors (Lipinski definition) is 3. The molecule has 1 aromatic rings. The molecule has 3 rings (SSSR count). The summed E-state index contributed by atoms with van der Waals surface area (Å²) in [6.45, 7) is 1.53. The number of carbonyl (C=O) groups is 2. The number of β-lactam (4-membered cyclic amide) rings is 1. The molecule has 2 amide bonds. The Morgan fingerprint density at radius 3 is 2.48 bits per heavy atom. The fourth-order valence-electron chi connectivity index (χ4n) is 2.65. The highest BCUT2D eigenvalue weighted by molar-refractivity contribution is 6.30. The number of likely N-dealkylation sites (tertiary alicyclic amines) is 1. The molecule has 2 saturated heterocycles. The molecule has 2 aliphatic rings. The van der Waals surface area contributed by atoms with Crippen LogP contribution < -0.4 is 10.1 Å². The second-order valence-corrected chi connectivity index (χ2v) is 5.80. The van der Waals surface area contributed by atoms with E-state index in [0.717, 1.165) is 32.4 Å². The minimum atomic E-state index is -0.749. The van der Waals surface area contributed by atoms with Crippen LogP contribution in [0.2, 0.25) is 5.02 Å². The third-order valence-corrected chi connectivity index (χ3v) is 4.12. The number of amides is 2. The molecule has 0 aromatic heterocycles. The first kappa shape index (κ1) is 14.2. The van der Waals surface area contributed by atoms with Crippen LogP contribution in [0.4, 0.5) is 0 Å². The van der Waals surface area contributed by atoms with Gasteiger partial charge in [-0.25, -0.2) is 0 Å². The Labute approximate surface area is 128 Å². The zero-order valence-corrected chi connectivity index (χ0v) is 12.3. The zero-order valence-electron chi connectivity index (χ0n) is 11.5. The summed E-state index contributed by atoms with van der Waals surface area (Å²) >= 11 is 5.81. The average molecular weight is 309 g/mol. The molecule has 2 aliphatic heterocycles. The number of halogens is 1. The molecule has 1 aromatic carbocycles. The summed E-state index contributed by atoms with van der Waals surface area (Å²) in [6, 6.07) is 6.18. The predicted octanol–water partition coefficient (Wildman–Crippen LogP) is 1.60. The first-order chi connectivity index (χ1) is 10.1. The Bertz CT molecular complexity index is 540. The van der Waals surface area contributed by atoms with Crippen LogP contribution in [-0.2, 0) is 9.59 Å². The van der Waals surface area contributed by atoms with Gasteiger partial charge in [-0.2, -0.15) is 0 Å². The molecule has 0 unspecified atom stereocenters. The van der Waals surface area contributed by atoms with E-state index in [4.69, 9.17) is 16.3 Å². The van der Waals surface area contributed by atoms with E-state index in [9.17, 15) is 9.59 Å². The molecule has 21 heavy (non-hydrogen) atoms. The molecule has 1 N–H and O–H groups in total. The van der Waals surface area contributed by atoms with E-state index >= 15 is 0 Å². The summed E-state index contributed by atoms with van der Waals surface area (Å²) in [5.41, 5.74) is 0. The second kappa shape index (κ2) is 5.93. The lowest BCUT2D eigenvalue weighted by Gasteiger charge is -2.39. The third kappa shape index (κ3) is 2.97. The molecule has 0 bridgehead atoms. The van der Waals surface area contributed by atoms with Gasteiger partial charge < -0.3 is 15.0 Å². The number of nitrogens with zero attached hydrogens (tertiary/aromatic N) is 1. The van der Waals surface area contributed by atoms with E-state index < -0.39 is 12.1 Å². The Balaban J connectivity index is 1.65. The van der Waals surface area contributed by atoms with Crippen LogP contribution in [0.1, 0.15) is 19.3 Å². The average Bonchev–Trinajstić information content (AvgIpc) is 2.52. The van der Waals surface area contributed by atoms with Gasteiger partial charge in [-0.3, -0.25) is 9.59 Å². The summed E-state index contributed by atoms with van der Waals surface area (Å²) in [7, 11) is 0. The Morgan fingerprint density at radius 2 is 1.86 bits per heavy atom. The number of hydrogen-bond donors (Lipinski definition) is 1. The molecule has 0 radical (unpaired) electrons. The number of ether oxygens (including phenoxy) is 1. The lowest BCUT2D eigenvalue weighted by Crippen LogP contribution is -2.70. The number of piperidine rings is 1. The van der Waals surface area contributed by atoms with Gasteiger partial charge in [-0.15, -0.1) is 0 Å². The van der Waals surface area contributed by atoms with Crippen molar-refractivity contribution in [1.29, 1.82) is 0 Å². The van der Waals surface area contributed by atoms with Crippen molar-refractivity contribution in [3.05, 3.63) is 29.3 Å². The van der Waals surface area contributed by atoms with Crippen molar-refractivity contribution in [3.63, 3.8) is 0 Å². The minimum absolute atomic E-state index is 0.0479. The molecule has 2 atom stereocenters. The normalized spacial score (nSPS) is 25.0. The Hall–Kier alpha value is -1.75. The summed E-state index contributed by atoms with van der Waals surface area (Å²) in [5, 5.41) is 3.24. The highest BCUT2D eigenvalue weighted by atomic mass is 35.5. The zero-order chi connectivity index (χ0) is 14.8. The highest BCUT2D eigenvalue weighted by Gasteiger charge is 2.47. The fourth-order valence-corrected chi connectivity index (χ4v) is 2.78. The molecular formula is C15H17ClN2O3. The van der Waals surface area contributed by atoms with Gasteiger partial charge in [0.2, 0.25) is 12.0 Å². The van der Waals surface area contributed by atoms with E-state index in [1.54, 1.807) is 24.3 Å². The second-order valence-electron chi connectivity index (χ2n) is 5.36. The van der Waals surface area contributed by atoms with Crippen molar-refractivity contribution >= 4 is 23.4 Å². The van der Waals surface area contributed by atoms with Crippen molar-refractivity contribution < 1.29 is 14.3 Å². The monoisotopic (exact) mass is 308 g/mol. The Kier molecular flexibility index (Phi) is 4.01. The van der Waals surface area contributed by atoms with Gasteiger partial charge in [0, 0.05) is 18.1 Å². The van der Waals surface area contributed by atoms with Gasteiger partial charge in [-0.05, 0) is 43.5 Å². The first-order valence-corrected chi connectivity index (χ1v) is 7.54. The van der Waals surface area contributed by atoms with Crippen molar-refractivity contribution in [3.8, 4) is 5.75 Å². The molecular weight excluding hydrogens is 292 g/mol. The van der Waals surface area contributed by atoms with E-state index in [1.807, 2.05) is 4.90 Å². The number of nitrogens with one attached hydrogen (secondary N) is 1. The van der Waals surface area contributed by atoms with Crippen LogP contribution in [0.25, 0.3) is 0 Å². The van der Waals surface area contributed by atoms with Gasteiger partial charge in [0.1, 0.15) is 5.75 Å². The molecule has 112 valence electrons. The van der Waals surface area contributed by atoms with Gasteiger partial charge in [0.05, 0.1) is 0 Å². The summed E-state index contributed by atoms with van der Waals surface area (Å²) in [6.07, 6.45) is 2.45. The summed E-state index contributed by atoms with van der Waals surface area (Å²) < 4.78 is 5.62. The fraction of sp³-hybridized carbons (Fsp3) is 0.467. The molecule has 2 fully saturated rings. The van der Waals surface area contributed by atoms with E-state index in [-0.39, 0.29) is 11.8 Å². The molecule has 6 heteroatoms. The minimum Gasteiger partial charge on any atom is -0.478 e. The van der Waals surface area contributed by atoms with Crippen LogP contribution in [-0.4, -0.2) is 41.9 Å². The lowest BCUT2D eigenvalue weighted by atomic mass is 9.99. The highest BCUT2D eigenvalue weighted by Crippen LogP contribution is 2.22. The maximum atomic E-state index is 12.4. The van der Waals surface area contributed by atoms with Crippen LogP contribution in [0.15, 0.2) is 24.3 Å². The van der Waals surface area contributed by atoms with Crippen molar-refractivity contribution in [1.82, 2.24) is 10.2 Å². The van der Waals surface area contributed by atoms with Crippen molar-refractivity contribution in [2.45, 2.75) is 31.4 Å². The maximum Gasteiger partial charge on any atom is 0.264 e. The SMILES string of the molecule is O=C1N[C@H](C(=O)N2CCCCC2)[C@@H]1Oc1ccc(Cl)cc1. The molecule has 0 saturated carbocycles. The van der Waals surface area contributed by atoms with Gasteiger partial charge in [0.25, 0.3) is 5.91 Å². The number of benzene rings is 1. The predicted molar refractivity (Wildman–Crippen MR) is 78.2 cm³/mol. The number of rotatable bonds is 3. The largest absolute Gasteiger partial charge is 0.478 e. The summed E-state index contributed by atoms with van der Waals surface area (Å²) in [4.78, 5) is 25.9. The van der Waals surface area contributed by atoms with Gasteiger partial charge >= 0.3 is 0 Å². The number of carbonyl (C=O) groups excluding carboxylic acids is 2.